The predicted octanol–water partition coefficient (Wildman–Crippen LogP) is 2.63. The Hall–Kier alpha value is -2.77. The predicted molar refractivity (Wildman–Crippen MR) is 120 cm³/mol. The average Bonchev–Trinajstić information content (AvgIpc) is 3.16. The van der Waals surface area contributed by atoms with Crippen LogP contribution < -0.4 is 0 Å². The van der Waals surface area contributed by atoms with Crippen LogP contribution in [0.15, 0.2) is 42.7 Å². The quantitative estimate of drug-likeness (QED) is 0.652. The molecule has 1 amide bonds. The van der Waals surface area contributed by atoms with Crippen LogP contribution in [0, 0.1) is 0 Å². The van der Waals surface area contributed by atoms with Gasteiger partial charge < -0.3 is 9.80 Å². The molecule has 0 spiro atoms. The highest BCUT2D eigenvalue weighted by atomic mass is 16.2. The van der Waals surface area contributed by atoms with Crippen molar-refractivity contribution >= 4 is 11.6 Å². The van der Waals surface area contributed by atoms with Crippen LogP contribution in [0.3, 0.4) is 0 Å². The van der Waals surface area contributed by atoms with Crippen molar-refractivity contribution in [2.75, 3.05) is 40.3 Å². The topological polar surface area (TPSA) is 57.0 Å². The van der Waals surface area contributed by atoms with Gasteiger partial charge in [0.05, 0.1) is 17.4 Å². The second-order valence-electron chi connectivity index (χ2n) is 8.80. The van der Waals surface area contributed by atoms with Gasteiger partial charge in [0.1, 0.15) is 11.3 Å². The first-order valence-corrected chi connectivity index (χ1v) is 11.2. The van der Waals surface area contributed by atoms with E-state index in [2.05, 4.69) is 30.0 Å². The van der Waals surface area contributed by atoms with Crippen molar-refractivity contribution in [3.8, 4) is 0 Å². The zero-order valence-corrected chi connectivity index (χ0v) is 18.4. The Morgan fingerprint density at radius 1 is 1.16 bits per heavy atom. The van der Waals surface area contributed by atoms with E-state index < -0.39 is 0 Å². The smallest absolute Gasteiger partial charge is 0.272 e. The molecule has 3 aromatic heterocycles. The van der Waals surface area contributed by atoms with Gasteiger partial charge in [0, 0.05) is 45.1 Å². The van der Waals surface area contributed by atoms with E-state index in [4.69, 9.17) is 9.97 Å². The molecule has 1 aliphatic heterocycles. The molecule has 1 atom stereocenters. The van der Waals surface area contributed by atoms with E-state index in [9.17, 15) is 4.79 Å². The van der Waals surface area contributed by atoms with E-state index in [1.165, 1.54) is 11.3 Å². The van der Waals surface area contributed by atoms with Gasteiger partial charge in [0.2, 0.25) is 0 Å². The molecule has 7 nitrogen and oxygen atoms in total. The molecule has 0 N–H and O–H groups in total. The molecule has 0 radical (unpaired) electrons. The number of hydrogen-bond acceptors (Lipinski definition) is 5. The largest absolute Gasteiger partial charge is 0.335 e. The first-order chi connectivity index (χ1) is 15.1. The fourth-order valence-corrected chi connectivity index (χ4v) is 4.90. The molecule has 7 heteroatoms. The second-order valence-corrected chi connectivity index (χ2v) is 8.80. The van der Waals surface area contributed by atoms with Crippen LogP contribution >= 0.6 is 0 Å². The molecule has 1 aliphatic carbocycles. The highest BCUT2D eigenvalue weighted by molar-refractivity contribution is 5.94. The number of hydrogen-bond donors (Lipinski definition) is 0. The van der Waals surface area contributed by atoms with Crippen LogP contribution in [0.25, 0.3) is 5.65 Å². The van der Waals surface area contributed by atoms with Crippen molar-refractivity contribution in [3.05, 3.63) is 65.4 Å². The third-order valence-electron chi connectivity index (χ3n) is 6.69. The summed E-state index contributed by atoms with van der Waals surface area (Å²) in [5.74, 6) is 0.0809. The number of nitrogens with zero attached hydrogens (tertiary/aromatic N) is 6. The van der Waals surface area contributed by atoms with Crippen LogP contribution in [-0.4, -0.2) is 75.2 Å². The number of pyridine rings is 2. The van der Waals surface area contributed by atoms with Gasteiger partial charge in [0.25, 0.3) is 5.91 Å². The highest BCUT2D eigenvalue weighted by Crippen LogP contribution is 2.33. The van der Waals surface area contributed by atoms with Crippen molar-refractivity contribution in [1.29, 1.82) is 0 Å². The maximum absolute atomic E-state index is 13.6. The van der Waals surface area contributed by atoms with Crippen molar-refractivity contribution in [2.45, 2.75) is 31.8 Å². The molecule has 0 saturated carbocycles. The summed E-state index contributed by atoms with van der Waals surface area (Å²) in [6.45, 7) is 3.94. The molecule has 3 aromatic rings. The lowest BCUT2D eigenvalue weighted by Crippen LogP contribution is -2.47. The lowest BCUT2D eigenvalue weighted by Gasteiger charge is -2.33. The number of carbonyl (C=O) groups excluding carboxylic acids is 1. The lowest BCUT2D eigenvalue weighted by atomic mass is 9.91. The van der Waals surface area contributed by atoms with Crippen LogP contribution in [0.1, 0.15) is 46.3 Å². The molecule has 5 rings (SSSR count). The van der Waals surface area contributed by atoms with Crippen molar-refractivity contribution in [2.24, 2.45) is 0 Å². The minimum atomic E-state index is 0.0809. The number of imidazole rings is 1. The number of piperazine rings is 1. The highest BCUT2D eigenvalue weighted by Gasteiger charge is 2.30. The van der Waals surface area contributed by atoms with Gasteiger partial charge in [-0.15, -0.1) is 0 Å². The molecule has 1 saturated heterocycles. The maximum Gasteiger partial charge on any atom is 0.272 e. The maximum atomic E-state index is 13.6. The Kier molecular flexibility index (Phi) is 5.46. The standard InChI is InChI=1S/C24H30N6O/c1-27-13-15-29(16-14-27)24(31)23-19(26-21-10-3-4-12-30(21)23)17-28(2)20-9-5-7-18-8-6-11-25-22(18)20/h3-4,6,8,10-12,20H,5,7,9,13-17H2,1-2H3/t20-/m0/s1. The van der Waals surface area contributed by atoms with Crippen molar-refractivity contribution in [3.63, 3.8) is 0 Å². The summed E-state index contributed by atoms with van der Waals surface area (Å²) in [4.78, 5) is 29.7. The van der Waals surface area contributed by atoms with E-state index in [-0.39, 0.29) is 11.9 Å². The summed E-state index contributed by atoms with van der Waals surface area (Å²) in [5, 5.41) is 0. The summed E-state index contributed by atoms with van der Waals surface area (Å²) in [6, 6.07) is 10.4. The Morgan fingerprint density at radius 3 is 2.84 bits per heavy atom. The van der Waals surface area contributed by atoms with E-state index in [1.54, 1.807) is 0 Å². The molecule has 2 aliphatic rings. The second kappa shape index (κ2) is 8.40. The van der Waals surface area contributed by atoms with Gasteiger partial charge in [-0.05, 0) is 57.1 Å². The van der Waals surface area contributed by atoms with E-state index in [0.29, 0.717) is 12.2 Å². The molecule has 4 heterocycles. The Labute approximate surface area is 183 Å². The molecule has 31 heavy (non-hydrogen) atoms. The number of aromatic nitrogens is 3. The number of amides is 1. The van der Waals surface area contributed by atoms with E-state index in [0.717, 1.165) is 56.8 Å². The molecule has 162 valence electrons. The van der Waals surface area contributed by atoms with Crippen molar-refractivity contribution < 1.29 is 4.79 Å². The number of fused-ring (bicyclic) bond motifs is 2. The number of rotatable bonds is 4. The molecule has 0 bridgehead atoms. The Bertz CT molecular complexity index is 1080. The van der Waals surface area contributed by atoms with Gasteiger partial charge in [-0.1, -0.05) is 12.1 Å². The van der Waals surface area contributed by atoms with Gasteiger partial charge in [0.15, 0.2) is 0 Å². The summed E-state index contributed by atoms with van der Waals surface area (Å²) in [5.41, 5.74) is 4.89. The monoisotopic (exact) mass is 418 g/mol. The normalized spacial score (nSPS) is 19.7. The molecule has 0 unspecified atom stereocenters. The van der Waals surface area contributed by atoms with Crippen LogP contribution in [-0.2, 0) is 13.0 Å². The van der Waals surface area contributed by atoms with Crippen LogP contribution in [0.2, 0.25) is 0 Å². The molecule has 1 fully saturated rings. The van der Waals surface area contributed by atoms with Gasteiger partial charge in [-0.2, -0.15) is 0 Å². The third-order valence-corrected chi connectivity index (χ3v) is 6.69. The first kappa shape index (κ1) is 20.2. The van der Waals surface area contributed by atoms with Crippen LogP contribution in [0.5, 0.6) is 0 Å². The van der Waals surface area contributed by atoms with Gasteiger partial charge in [-0.25, -0.2) is 4.98 Å². The van der Waals surface area contributed by atoms with E-state index in [1.807, 2.05) is 46.0 Å². The van der Waals surface area contributed by atoms with Gasteiger partial charge >= 0.3 is 0 Å². The summed E-state index contributed by atoms with van der Waals surface area (Å²) < 4.78 is 1.96. The zero-order valence-electron chi connectivity index (χ0n) is 18.4. The molecule has 0 aromatic carbocycles. The molecular formula is C24H30N6O. The number of aryl methyl sites for hydroxylation is 1. The van der Waals surface area contributed by atoms with Crippen LogP contribution in [0.4, 0.5) is 0 Å². The number of carbonyl (C=O) groups is 1. The zero-order chi connectivity index (χ0) is 21.4. The minimum Gasteiger partial charge on any atom is -0.335 e. The van der Waals surface area contributed by atoms with E-state index >= 15 is 0 Å². The summed E-state index contributed by atoms with van der Waals surface area (Å²) in [7, 11) is 4.23. The Morgan fingerprint density at radius 2 is 2.00 bits per heavy atom. The minimum absolute atomic E-state index is 0.0809. The number of likely N-dealkylation sites (N-methyl/N-ethyl adjacent to an activating group) is 1. The first-order valence-electron chi connectivity index (χ1n) is 11.2. The Balaban J connectivity index is 1.46. The van der Waals surface area contributed by atoms with Gasteiger partial charge in [-0.3, -0.25) is 19.1 Å². The SMILES string of the molecule is CN1CCN(C(=O)c2c(CN(C)[C@H]3CCCc4cccnc43)nc3ccccn23)CC1. The molecular weight excluding hydrogens is 388 g/mol. The fraction of sp³-hybridized carbons (Fsp3) is 0.458. The fourth-order valence-electron chi connectivity index (χ4n) is 4.90. The summed E-state index contributed by atoms with van der Waals surface area (Å²) >= 11 is 0. The average molecular weight is 419 g/mol. The third kappa shape index (κ3) is 3.83. The lowest BCUT2D eigenvalue weighted by molar-refractivity contribution is 0.0654. The van der Waals surface area contributed by atoms with Crippen molar-refractivity contribution in [1.82, 2.24) is 29.1 Å². The summed E-state index contributed by atoms with van der Waals surface area (Å²) in [6.07, 6.45) is 7.17.